The van der Waals surface area contributed by atoms with Crippen molar-refractivity contribution >= 4 is 46.9 Å². The monoisotopic (exact) mass is 910 g/mol. The number of hydrogen-bond donors (Lipinski definition) is 14. The summed E-state index contributed by atoms with van der Waals surface area (Å²) in [6, 6.07) is 9.94. The molecule has 2 aliphatic carbocycles. The molecule has 346 valence electrons. The van der Waals surface area contributed by atoms with Crippen molar-refractivity contribution in [3.05, 3.63) is 106 Å². The van der Waals surface area contributed by atoms with E-state index < -0.39 is 154 Å². The van der Waals surface area contributed by atoms with Gasteiger partial charge < -0.3 is 81.0 Å². The first-order valence-corrected chi connectivity index (χ1v) is 19.4. The van der Waals surface area contributed by atoms with Crippen LogP contribution in [0.5, 0.6) is 11.5 Å². The molecule has 65 heavy (non-hydrogen) atoms. The van der Waals surface area contributed by atoms with Crippen molar-refractivity contribution in [3.8, 4) is 11.5 Å². The number of ether oxygens (including phenoxy) is 2. The summed E-state index contributed by atoms with van der Waals surface area (Å²) in [5, 5.41) is 151. The zero-order valence-corrected chi connectivity index (χ0v) is 33.3. The lowest BCUT2D eigenvalue weighted by Gasteiger charge is -2.47. The van der Waals surface area contributed by atoms with E-state index in [2.05, 4.69) is 0 Å². The molecular formula is C43H42O22. The summed E-state index contributed by atoms with van der Waals surface area (Å²) >= 11 is 0. The number of ketones is 6. The lowest BCUT2D eigenvalue weighted by Crippen LogP contribution is -2.71. The maximum Gasteiger partial charge on any atom is 0.220 e. The molecule has 0 spiro atoms. The van der Waals surface area contributed by atoms with Crippen molar-refractivity contribution < 1.29 is 110 Å². The van der Waals surface area contributed by atoms with Crippen LogP contribution in [0.1, 0.15) is 11.1 Å². The van der Waals surface area contributed by atoms with Gasteiger partial charge in [0.05, 0.1) is 24.4 Å². The van der Waals surface area contributed by atoms with E-state index >= 15 is 0 Å². The highest BCUT2D eigenvalue weighted by Gasteiger charge is 2.66. The third-order valence-electron chi connectivity index (χ3n) is 11.5. The zero-order valence-electron chi connectivity index (χ0n) is 33.3. The molecule has 22 nitrogen and oxygen atoms in total. The third-order valence-corrected chi connectivity index (χ3v) is 11.5. The number of allylic oxidation sites excluding steroid dienone is 5. The van der Waals surface area contributed by atoms with Crippen LogP contribution in [-0.4, -0.2) is 192 Å². The summed E-state index contributed by atoms with van der Waals surface area (Å²) in [5.41, 5.74) is -12.0. The van der Waals surface area contributed by atoms with E-state index in [0.29, 0.717) is 12.2 Å². The Balaban J connectivity index is 1.59. The van der Waals surface area contributed by atoms with Crippen LogP contribution in [0.25, 0.3) is 12.2 Å². The number of benzene rings is 2. The van der Waals surface area contributed by atoms with Gasteiger partial charge in [0.15, 0.2) is 23.1 Å². The first-order valence-electron chi connectivity index (χ1n) is 19.4. The smallest absolute Gasteiger partial charge is 0.220 e. The van der Waals surface area contributed by atoms with Crippen LogP contribution in [0.4, 0.5) is 0 Å². The summed E-state index contributed by atoms with van der Waals surface area (Å²) in [7, 11) is 0. The number of phenols is 2. The number of carbonyl (C=O) groups is 6. The molecule has 0 saturated carbocycles. The van der Waals surface area contributed by atoms with Crippen molar-refractivity contribution in [2.45, 2.75) is 72.2 Å². The number of aliphatic hydroxyl groups excluding tert-OH is 10. The molecule has 2 aromatic rings. The van der Waals surface area contributed by atoms with Crippen LogP contribution in [0.15, 0.2) is 95.0 Å². The predicted octanol–water partition coefficient (Wildman–Crippen LogP) is -4.42. The molecule has 0 amide bonds. The fraction of sp³-hybridized carbons (Fsp3) is 0.349. The van der Waals surface area contributed by atoms with Gasteiger partial charge in [-0.15, -0.1) is 0 Å². The van der Waals surface area contributed by atoms with Gasteiger partial charge in [-0.05, 0) is 53.6 Å². The first-order chi connectivity index (χ1) is 30.5. The molecule has 2 saturated heterocycles. The zero-order chi connectivity index (χ0) is 48.0. The highest BCUT2D eigenvalue weighted by atomic mass is 16.6. The van der Waals surface area contributed by atoms with Crippen LogP contribution < -0.4 is 0 Å². The number of phenolic OH excluding ortho intramolecular Hbond substituents is 2. The molecule has 2 heterocycles. The summed E-state index contributed by atoms with van der Waals surface area (Å²) in [6.45, 7) is -2.35. The van der Waals surface area contributed by atoms with E-state index in [1.807, 2.05) is 0 Å². The van der Waals surface area contributed by atoms with E-state index in [1.54, 1.807) is 0 Å². The maximum atomic E-state index is 14.5. The molecule has 6 rings (SSSR count). The van der Waals surface area contributed by atoms with Crippen molar-refractivity contribution in [3.63, 3.8) is 0 Å². The molecule has 13 atom stereocenters. The lowest BCUT2D eigenvalue weighted by molar-refractivity contribution is -0.264. The van der Waals surface area contributed by atoms with Gasteiger partial charge in [-0.25, -0.2) is 0 Å². The first kappa shape index (κ1) is 48.3. The molecule has 2 aliphatic heterocycles. The standard InChI is InChI=1S/C43H42O22/c44-14-24-30(52)32(54)34(56)40(64-24)42(62)36(58)20(28(50)26(38(42)60)22(48)11-5-16-1-7-18(46)8-2-16)13-21-29(51)27(23(49)12-6-17-3-9-19(47)10-4-17)39(61)43(63,37(21)59)41-35(57)33(55)31(53)25(15-45)65-41/h1-13,24-26,30-35,40-41,44-47,51-58,62-63H,14-15H2. The van der Waals surface area contributed by atoms with Crippen molar-refractivity contribution in [1.82, 2.24) is 0 Å². The quantitative estimate of drug-likeness (QED) is 0.0575. The molecule has 22 heteroatoms. The second-order valence-corrected chi connectivity index (χ2v) is 15.5. The number of Topliss-reactive ketones (excluding diaryl/α,β-unsaturated/α-hetero) is 4. The Morgan fingerprint density at radius 1 is 0.600 bits per heavy atom. The molecule has 0 radical (unpaired) electrons. The Hall–Kier alpha value is -6.12. The van der Waals surface area contributed by atoms with Gasteiger partial charge in [-0.2, -0.15) is 0 Å². The molecule has 14 N–H and O–H groups in total. The maximum absolute atomic E-state index is 14.5. The molecule has 2 fully saturated rings. The second kappa shape index (κ2) is 18.4. The van der Waals surface area contributed by atoms with Gasteiger partial charge in [0.25, 0.3) is 0 Å². The average molecular weight is 911 g/mol. The van der Waals surface area contributed by atoms with Crippen LogP contribution in [0.2, 0.25) is 0 Å². The van der Waals surface area contributed by atoms with Crippen LogP contribution >= 0.6 is 0 Å². The summed E-state index contributed by atoms with van der Waals surface area (Å²) in [5.74, 6) is -17.7. The predicted molar refractivity (Wildman–Crippen MR) is 213 cm³/mol. The van der Waals surface area contributed by atoms with Crippen LogP contribution in [-0.2, 0) is 38.2 Å². The topological polar surface area (TPSA) is 404 Å². The molecule has 2 aromatic carbocycles. The van der Waals surface area contributed by atoms with E-state index in [4.69, 9.17) is 9.47 Å². The van der Waals surface area contributed by atoms with E-state index in [9.17, 15) is 100 Å². The number of aliphatic hydroxyl groups is 12. The van der Waals surface area contributed by atoms with Crippen molar-refractivity contribution in [1.29, 1.82) is 0 Å². The Labute approximate surface area is 365 Å². The fourth-order valence-electron chi connectivity index (χ4n) is 7.81. The number of carbonyl (C=O) groups excluding carboxylic acids is 6. The molecule has 0 aromatic heterocycles. The van der Waals surface area contributed by atoms with Gasteiger partial charge in [0, 0.05) is 0 Å². The minimum atomic E-state index is -3.97. The molecule has 0 bridgehead atoms. The summed E-state index contributed by atoms with van der Waals surface area (Å²) < 4.78 is 10.7. The second-order valence-electron chi connectivity index (χ2n) is 15.5. The van der Waals surface area contributed by atoms with Gasteiger partial charge in [-0.1, -0.05) is 36.4 Å². The number of hydrogen-bond acceptors (Lipinski definition) is 22. The minimum absolute atomic E-state index is 0.0963. The fourth-order valence-corrected chi connectivity index (χ4v) is 7.81. The lowest BCUT2D eigenvalue weighted by atomic mass is 9.67. The van der Waals surface area contributed by atoms with Crippen LogP contribution in [0, 0.1) is 5.92 Å². The Morgan fingerprint density at radius 3 is 1.51 bits per heavy atom. The Morgan fingerprint density at radius 2 is 1.05 bits per heavy atom. The van der Waals surface area contributed by atoms with E-state index in [-0.39, 0.29) is 28.7 Å². The Bertz CT molecular complexity index is 2430. The largest absolute Gasteiger partial charge is 0.508 e. The van der Waals surface area contributed by atoms with Crippen molar-refractivity contribution in [2.24, 2.45) is 5.92 Å². The molecule has 13 unspecified atom stereocenters. The third kappa shape index (κ3) is 8.26. The highest BCUT2D eigenvalue weighted by Crippen LogP contribution is 2.43. The summed E-state index contributed by atoms with van der Waals surface area (Å²) in [4.78, 5) is 85.0. The molecular weight excluding hydrogens is 868 g/mol. The van der Waals surface area contributed by atoms with E-state index in [0.717, 1.165) is 12.2 Å². The van der Waals surface area contributed by atoms with Crippen molar-refractivity contribution in [2.75, 3.05) is 13.2 Å². The Kier molecular flexibility index (Phi) is 13.7. The van der Waals surface area contributed by atoms with Gasteiger partial charge >= 0.3 is 0 Å². The van der Waals surface area contributed by atoms with E-state index in [1.165, 1.54) is 48.5 Å². The van der Waals surface area contributed by atoms with Gasteiger partial charge in [0.1, 0.15) is 95.5 Å². The SMILES string of the molecule is O=C(C=Cc1ccc(O)cc1)C1=C(O)C(=CC2=C(O)C(O)(C3OC(CO)C(O)C(O)C3O)C(=O)C(C(=O)C=Cc3ccc(O)cc3)C2=O)C(=O)C(O)(C2OC(CO)C(O)C(O)C2O)C1=O. The van der Waals surface area contributed by atoms with Gasteiger partial charge in [-0.3, -0.25) is 28.8 Å². The van der Waals surface area contributed by atoms with Gasteiger partial charge in [0.2, 0.25) is 22.8 Å². The average Bonchev–Trinajstić information content (AvgIpc) is 3.28. The highest BCUT2D eigenvalue weighted by molar-refractivity contribution is 6.38. The normalized spacial score (nSPS) is 35.5. The molecule has 4 aliphatic rings. The summed E-state index contributed by atoms with van der Waals surface area (Å²) in [6.07, 6.45) is -20.1. The number of aromatic hydroxyl groups is 2. The van der Waals surface area contributed by atoms with Crippen LogP contribution in [0.3, 0.4) is 0 Å². The minimum Gasteiger partial charge on any atom is -0.508 e. The number of rotatable bonds is 11.